The maximum Gasteiger partial charge on any atom is 0.331 e. The molecule has 0 spiro atoms. The van der Waals surface area contributed by atoms with E-state index in [0.29, 0.717) is 6.42 Å². The molecule has 0 aliphatic heterocycles. The number of carbonyl (C=O) groups is 1. The number of nitrogens with zero attached hydrogens (tertiary/aromatic N) is 1. The number of likely N-dealkylation sites (N-methyl/N-ethyl adjacent to an activating group) is 1. The Labute approximate surface area is 108 Å². The second kappa shape index (κ2) is 7.87. The third kappa shape index (κ3) is 5.52. The van der Waals surface area contributed by atoms with Crippen LogP contribution in [0, 0.1) is 0 Å². The molecule has 1 atom stereocenters. The van der Waals surface area contributed by atoms with Crippen LogP contribution in [0.4, 0.5) is 0 Å². The van der Waals surface area contributed by atoms with Crippen molar-refractivity contribution in [3.05, 3.63) is 48.6 Å². The first-order valence-electron chi connectivity index (χ1n) is 5.17. The molecule has 0 amide bonds. The second-order valence-corrected chi connectivity index (χ2v) is 3.75. The van der Waals surface area contributed by atoms with Crippen LogP contribution in [0.1, 0.15) is 5.56 Å². The quantitative estimate of drug-likeness (QED) is 0.459. The van der Waals surface area contributed by atoms with Gasteiger partial charge in [0.1, 0.15) is 0 Å². The molecular formula is C13H18ClNO2. The molecule has 4 heteroatoms. The van der Waals surface area contributed by atoms with E-state index in [1.807, 2.05) is 49.3 Å². The van der Waals surface area contributed by atoms with Crippen LogP contribution in [0.25, 0.3) is 0 Å². The van der Waals surface area contributed by atoms with Crippen LogP contribution in [-0.2, 0) is 16.0 Å². The largest absolute Gasteiger partial charge is 0.443 e. The van der Waals surface area contributed by atoms with Crippen molar-refractivity contribution < 1.29 is 9.53 Å². The first-order chi connectivity index (χ1) is 7.63. The first kappa shape index (κ1) is 15.7. The fourth-order valence-electron chi connectivity index (χ4n) is 1.33. The Morgan fingerprint density at radius 3 is 2.47 bits per heavy atom. The summed E-state index contributed by atoms with van der Waals surface area (Å²) in [6.45, 7) is 3.39. The van der Waals surface area contributed by atoms with Crippen LogP contribution in [0.15, 0.2) is 43.0 Å². The lowest BCUT2D eigenvalue weighted by Gasteiger charge is -2.23. The number of hydrogen-bond acceptors (Lipinski definition) is 3. The molecule has 1 aromatic carbocycles. The Balaban J connectivity index is 0.00000256. The lowest BCUT2D eigenvalue weighted by Crippen LogP contribution is -2.34. The molecule has 0 aliphatic carbocycles. The minimum atomic E-state index is -0.394. The summed E-state index contributed by atoms with van der Waals surface area (Å²) in [7, 11) is 3.76. The number of ether oxygens (including phenoxy) is 1. The molecule has 0 heterocycles. The van der Waals surface area contributed by atoms with E-state index in [1.54, 1.807) is 0 Å². The van der Waals surface area contributed by atoms with Gasteiger partial charge < -0.3 is 4.74 Å². The number of halogens is 1. The number of esters is 1. The van der Waals surface area contributed by atoms with Crippen molar-refractivity contribution in [2.75, 3.05) is 14.1 Å². The molecule has 17 heavy (non-hydrogen) atoms. The second-order valence-electron chi connectivity index (χ2n) is 3.75. The highest BCUT2D eigenvalue weighted by Gasteiger charge is 2.15. The van der Waals surface area contributed by atoms with E-state index in [1.165, 1.54) is 6.08 Å². The summed E-state index contributed by atoms with van der Waals surface area (Å²) in [5.74, 6) is -0.394. The average Bonchev–Trinajstić information content (AvgIpc) is 2.29. The molecule has 1 rings (SSSR count). The molecule has 0 aliphatic rings. The zero-order valence-electron chi connectivity index (χ0n) is 10.1. The van der Waals surface area contributed by atoms with Crippen molar-refractivity contribution in [1.82, 2.24) is 4.90 Å². The van der Waals surface area contributed by atoms with Gasteiger partial charge in [-0.3, -0.25) is 4.90 Å². The van der Waals surface area contributed by atoms with Gasteiger partial charge >= 0.3 is 5.97 Å². The molecule has 3 nitrogen and oxygen atoms in total. The molecule has 1 unspecified atom stereocenters. The summed E-state index contributed by atoms with van der Waals surface area (Å²) in [5.41, 5.74) is 1.14. The Morgan fingerprint density at radius 1 is 1.41 bits per heavy atom. The van der Waals surface area contributed by atoms with Gasteiger partial charge in [0.05, 0.1) is 0 Å². The van der Waals surface area contributed by atoms with E-state index >= 15 is 0 Å². The zero-order chi connectivity index (χ0) is 12.0. The van der Waals surface area contributed by atoms with Crippen molar-refractivity contribution in [2.24, 2.45) is 0 Å². The molecule has 0 radical (unpaired) electrons. The molecule has 0 saturated heterocycles. The van der Waals surface area contributed by atoms with Crippen LogP contribution >= 0.6 is 12.4 Å². The third-order valence-electron chi connectivity index (χ3n) is 2.25. The van der Waals surface area contributed by atoms with Crippen LogP contribution in [0.3, 0.4) is 0 Å². The number of rotatable bonds is 5. The maximum atomic E-state index is 11.1. The first-order valence-corrected chi connectivity index (χ1v) is 5.17. The van der Waals surface area contributed by atoms with Gasteiger partial charge in [0.25, 0.3) is 0 Å². The number of carbonyl (C=O) groups excluding carboxylic acids is 1. The fourth-order valence-corrected chi connectivity index (χ4v) is 1.33. The summed E-state index contributed by atoms with van der Waals surface area (Å²) >= 11 is 0. The van der Waals surface area contributed by atoms with Gasteiger partial charge in [-0.15, -0.1) is 12.4 Å². The molecule has 1 aromatic rings. The highest BCUT2D eigenvalue weighted by atomic mass is 35.5. The van der Waals surface area contributed by atoms with Gasteiger partial charge in [0.15, 0.2) is 6.23 Å². The zero-order valence-corrected chi connectivity index (χ0v) is 10.9. The van der Waals surface area contributed by atoms with Crippen molar-refractivity contribution >= 4 is 18.4 Å². The molecular weight excluding hydrogens is 238 g/mol. The van der Waals surface area contributed by atoms with Crippen molar-refractivity contribution in [1.29, 1.82) is 0 Å². The Kier molecular flexibility index (Phi) is 7.26. The van der Waals surface area contributed by atoms with E-state index in [-0.39, 0.29) is 18.6 Å². The van der Waals surface area contributed by atoms with Crippen LogP contribution in [-0.4, -0.2) is 31.2 Å². The molecule has 0 aromatic heterocycles. The van der Waals surface area contributed by atoms with Gasteiger partial charge in [0, 0.05) is 12.5 Å². The summed E-state index contributed by atoms with van der Waals surface area (Å²) in [4.78, 5) is 13.0. The lowest BCUT2D eigenvalue weighted by molar-refractivity contribution is -0.150. The number of hydrogen-bond donors (Lipinski definition) is 0. The molecule has 94 valence electrons. The molecule has 0 saturated carbocycles. The maximum absolute atomic E-state index is 11.1. The SMILES string of the molecule is C=CC(=O)OC(Cc1ccccc1)N(C)C.Cl. The molecule has 0 bridgehead atoms. The smallest absolute Gasteiger partial charge is 0.331 e. The highest BCUT2D eigenvalue weighted by Crippen LogP contribution is 2.08. The standard InChI is InChI=1S/C13H17NO2.ClH/c1-4-13(15)16-12(14(2)3)10-11-8-6-5-7-9-11;/h4-9,12H,1,10H2,2-3H3;1H. The lowest BCUT2D eigenvalue weighted by atomic mass is 10.1. The Bertz CT molecular complexity index is 352. The van der Waals surface area contributed by atoms with Crippen LogP contribution in [0.2, 0.25) is 0 Å². The minimum Gasteiger partial charge on any atom is -0.443 e. The van der Waals surface area contributed by atoms with Crippen molar-refractivity contribution in [2.45, 2.75) is 12.6 Å². The van der Waals surface area contributed by atoms with Crippen molar-refractivity contribution in [3.63, 3.8) is 0 Å². The normalized spacial score (nSPS) is 11.5. The van der Waals surface area contributed by atoms with Crippen LogP contribution in [0.5, 0.6) is 0 Å². The van der Waals surface area contributed by atoms with Gasteiger partial charge in [-0.05, 0) is 19.7 Å². The van der Waals surface area contributed by atoms with Gasteiger partial charge in [-0.2, -0.15) is 0 Å². The van der Waals surface area contributed by atoms with E-state index in [4.69, 9.17) is 4.74 Å². The summed E-state index contributed by atoms with van der Waals surface area (Å²) in [6, 6.07) is 9.93. The summed E-state index contributed by atoms with van der Waals surface area (Å²) in [6.07, 6.45) is 1.60. The summed E-state index contributed by atoms with van der Waals surface area (Å²) in [5, 5.41) is 0. The van der Waals surface area contributed by atoms with E-state index in [0.717, 1.165) is 5.56 Å². The molecule has 0 fully saturated rings. The van der Waals surface area contributed by atoms with Gasteiger partial charge in [-0.1, -0.05) is 36.9 Å². The third-order valence-corrected chi connectivity index (χ3v) is 2.25. The van der Waals surface area contributed by atoms with Crippen molar-refractivity contribution in [3.8, 4) is 0 Å². The monoisotopic (exact) mass is 255 g/mol. The van der Waals surface area contributed by atoms with Gasteiger partial charge in [0.2, 0.25) is 0 Å². The Morgan fingerprint density at radius 2 is 2.00 bits per heavy atom. The average molecular weight is 256 g/mol. The predicted octanol–water partition coefficient (Wildman–Crippen LogP) is 2.27. The fraction of sp³-hybridized carbons (Fsp3) is 0.308. The molecule has 0 N–H and O–H groups in total. The minimum absolute atomic E-state index is 0. The van der Waals surface area contributed by atoms with E-state index in [9.17, 15) is 4.79 Å². The van der Waals surface area contributed by atoms with E-state index < -0.39 is 5.97 Å². The summed E-state index contributed by atoms with van der Waals surface area (Å²) < 4.78 is 5.23. The highest BCUT2D eigenvalue weighted by molar-refractivity contribution is 5.85. The van der Waals surface area contributed by atoms with E-state index in [2.05, 4.69) is 6.58 Å². The van der Waals surface area contributed by atoms with Gasteiger partial charge in [-0.25, -0.2) is 4.79 Å². The Hall–Kier alpha value is -1.32. The topological polar surface area (TPSA) is 29.5 Å². The predicted molar refractivity (Wildman–Crippen MR) is 71.2 cm³/mol. The van der Waals surface area contributed by atoms with Crippen LogP contribution < -0.4 is 0 Å². The number of benzene rings is 1.